The van der Waals surface area contributed by atoms with Crippen molar-refractivity contribution < 1.29 is 24.2 Å². The van der Waals surface area contributed by atoms with Crippen molar-refractivity contribution in [1.29, 1.82) is 0 Å². The lowest BCUT2D eigenvalue weighted by molar-refractivity contribution is -0.143. The molecule has 7 heteroatoms. The van der Waals surface area contributed by atoms with E-state index >= 15 is 0 Å². The average molecular weight is 346 g/mol. The largest absolute Gasteiger partial charge is 0.480 e. The van der Waals surface area contributed by atoms with E-state index in [1.807, 2.05) is 44.2 Å². The molecule has 0 fully saturated rings. The fourth-order valence-electron chi connectivity index (χ4n) is 2.49. The number of aliphatic carboxylic acids is 2. The summed E-state index contributed by atoms with van der Waals surface area (Å²) in [6.45, 7) is 3.77. The van der Waals surface area contributed by atoms with Gasteiger partial charge in [0.1, 0.15) is 24.0 Å². The van der Waals surface area contributed by atoms with Crippen molar-refractivity contribution in [3.8, 4) is 11.3 Å². The molecule has 0 spiro atoms. The summed E-state index contributed by atoms with van der Waals surface area (Å²) in [6, 6.07) is 7.33. The zero-order valence-corrected chi connectivity index (χ0v) is 14.2. The molecule has 0 bridgehead atoms. The molecule has 2 unspecified atom stereocenters. The zero-order valence-electron chi connectivity index (χ0n) is 14.2. The van der Waals surface area contributed by atoms with Crippen LogP contribution in [0.15, 0.2) is 41.0 Å². The van der Waals surface area contributed by atoms with E-state index in [0.29, 0.717) is 12.1 Å². The molecule has 0 aliphatic carbocycles. The maximum absolute atomic E-state index is 11.5. The predicted octanol–water partition coefficient (Wildman–Crippen LogP) is 2.43. The molecule has 3 N–H and O–H groups in total. The minimum atomic E-state index is -1.14. The SMILES string of the molecule is CC(C)CC(NC(Cc1nc(-c2ccccc2)co1)C(=O)O)C(=O)O. The van der Waals surface area contributed by atoms with E-state index in [0.717, 1.165) is 5.56 Å². The molecule has 2 rings (SSSR count). The zero-order chi connectivity index (χ0) is 18.4. The molecule has 0 aliphatic heterocycles. The Kier molecular flexibility index (Phi) is 6.30. The summed E-state index contributed by atoms with van der Waals surface area (Å²) < 4.78 is 5.36. The third-order valence-corrected chi connectivity index (χ3v) is 3.71. The Balaban J connectivity index is 2.10. The van der Waals surface area contributed by atoms with Crippen LogP contribution in [-0.2, 0) is 16.0 Å². The molecule has 0 saturated heterocycles. The smallest absolute Gasteiger partial charge is 0.321 e. The Morgan fingerprint density at radius 2 is 1.76 bits per heavy atom. The van der Waals surface area contributed by atoms with Gasteiger partial charge < -0.3 is 14.6 Å². The number of hydrogen-bond acceptors (Lipinski definition) is 5. The van der Waals surface area contributed by atoms with Gasteiger partial charge in [0.15, 0.2) is 5.89 Å². The van der Waals surface area contributed by atoms with Crippen LogP contribution >= 0.6 is 0 Å². The normalized spacial score (nSPS) is 13.6. The van der Waals surface area contributed by atoms with Gasteiger partial charge in [-0.05, 0) is 12.3 Å². The first-order chi connectivity index (χ1) is 11.9. The van der Waals surface area contributed by atoms with Gasteiger partial charge in [0.05, 0.1) is 6.42 Å². The summed E-state index contributed by atoms with van der Waals surface area (Å²) >= 11 is 0. The number of benzene rings is 1. The molecule has 25 heavy (non-hydrogen) atoms. The minimum Gasteiger partial charge on any atom is -0.480 e. The quantitative estimate of drug-likeness (QED) is 0.639. The van der Waals surface area contributed by atoms with Gasteiger partial charge in [-0.2, -0.15) is 0 Å². The van der Waals surface area contributed by atoms with E-state index in [-0.39, 0.29) is 18.2 Å². The van der Waals surface area contributed by atoms with Gasteiger partial charge in [0.2, 0.25) is 0 Å². The third-order valence-electron chi connectivity index (χ3n) is 3.71. The first kappa shape index (κ1) is 18.7. The number of carbonyl (C=O) groups is 2. The lowest BCUT2D eigenvalue weighted by atomic mass is 10.0. The molecule has 0 saturated carbocycles. The topological polar surface area (TPSA) is 113 Å². The highest BCUT2D eigenvalue weighted by Gasteiger charge is 2.28. The number of oxazole rings is 1. The number of carboxylic acids is 2. The number of nitrogens with zero attached hydrogens (tertiary/aromatic N) is 1. The van der Waals surface area contributed by atoms with E-state index in [2.05, 4.69) is 10.3 Å². The molecule has 2 aromatic rings. The van der Waals surface area contributed by atoms with Crippen molar-refractivity contribution in [2.45, 2.75) is 38.8 Å². The van der Waals surface area contributed by atoms with E-state index in [1.165, 1.54) is 6.26 Å². The second-order valence-corrected chi connectivity index (χ2v) is 6.27. The maximum atomic E-state index is 11.5. The third kappa shape index (κ3) is 5.42. The summed E-state index contributed by atoms with van der Waals surface area (Å²) in [5.74, 6) is -1.85. The molecule has 7 nitrogen and oxygen atoms in total. The number of hydrogen-bond donors (Lipinski definition) is 3. The highest BCUT2D eigenvalue weighted by Crippen LogP contribution is 2.19. The van der Waals surface area contributed by atoms with Crippen LogP contribution in [-0.4, -0.2) is 39.2 Å². The van der Waals surface area contributed by atoms with Crippen molar-refractivity contribution >= 4 is 11.9 Å². The number of carboxylic acid groups (broad SMARTS) is 2. The van der Waals surface area contributed by atoms with E-state index < -0.39 is 24.0 Å². The van der Waals surface area contributed by atoms with Crippen molar-refractivity contribution in [2.24, 2.45) is 5.92 Å². The second-order valence-electron chi connectivity index (χ2n) is 6.27. The molecular weight excluding hydrogens is 324 g/mol. The van der Waals surface area contributed by atoms with Gasteiger partial charge in [0, 0.05) is 5.56 Å². The molecule has 1 aromatic carbocycles. The van der Waals surface area contributed by atoms with E-state index in [9.17, 15) is 19.8 Å². The minimum absolute atomic E-state index is 0.0377. The molecule has 0 amide bonds. The maximum Gasteiger partial charge on any atom is 0.321 e. The first-order valence-corrected chi connectivity index (χ1v) is 8.08. The molecule has 134 valence electrons. The number of aromatic nitrogens is 1. The average Bonchev–Trinajstić information content (AvgIpc) is 3.02. The second kappa shape index (κ2) is 8.43. The van der Waals surface area contributed by atoms with Gasteiger partial charge >= 0.3 is 11.9 Å². The van der Waals surface area contributed by atoms with Crippen LogP contribution in [0.25, 0.3) is 11.3 Å². The molecule has 1 heterocycles. The fourth-order valence-corrected chi connectivity index (χ4v) is 2.49. The molecule has 0 radical (unpaired) electrons. The number of nitrogens with one attached hydrogen (secondary N) is 1. The standard InChI is InChI=1S/C18H22N2O5/c1-11(2)8-13(17(21)22)19-14(18(23)24)9-16-20-15(10-25-16)12-6-4-3-5-7-12/h3-7,10-11,13-14,19H,8-9H2,1-2H3,(H,21,22)(H,23,24). The van der Waals surface area contributed by atoms with E-state index in [1.54, 1.807) is 0 Å². The Morgan fingerprint density at radius 3 is 2.32 bits per heavy atom. The molecular formula is C18H22N2O5. The lowest BCUT2D eigenvalue weighted by Crippen LogP contribution is -2.48. The summed E-state index contributed by atoms with van der Waals surface area (Å²) in [4.78, 5) is 27.1. The van der Waals surface area contributed by atoms with Crippen LogP contribution in [0.3, 0.4) is 0 Å². The van der Waals surface area contributed by atoms with Crippen LogP contribution in [0.2, 0.25) is 0 Å². The Hall–Kier alpha value is -2.67. The van der Waals surface area contributed by atoms with Crippen molar-refractivity contribution in [3.63, 3.8) is 0 Å². The fraction of sp³-hybridized carbons (Fsp3) is 0.389. The Morgan fingerprint density at radius 1 is 1.12 bits per heavy atom. The summed E-state index contributed by atoms with van der Waals surface area (Å²) in [5, 5.41) is 21.4. The van der Waals surface area contributed by atoms with Crippen LogP contribution in [0.5, 0.6) is 0 Å². The highest BCUT2D eigenvalue weighted by molar-refractivity contribution is 5.77. The van der Waals surface area contributed by atoms with Gasteiger partial charge in [0.25, 0.3) is 0 Å². The Labute approximate surface area is 145 Å². The van der Waals surface area contributed by atoms with Crippen molar-refractivity contribution in [3.05, 3.63) is 42.5 Å². The molecule has 1 aromatic heterocycles. The number of rotatable bonds is 9. The predicted molar refractivity (Wildman–Crippen MR) is 91.1 cm³/mol. The molecule has 0 aliphatic rings. The van der Waals surface area contributed by atoms with Gasteiger partial charge in [-0.25, -0.2) is 4.98 Å². The highest BCUT2D eigenvalue weighted by atomic mass is 16.4. The monoisotopic (exact) mass is 346 g/mol. The lowest BCUT2D eigenvalue weighted by Gasteiger charge is -2.20. The van der Waals surface area contributed by atoms with Gasteiger partial charge in [-0.15, -0.1) is 0 Å². The summed E-state index contributed by atoms with van der Waals surface area (Å²) in [5.41, 5.74) is 1.47. The summed E-state index contributed by atoms with van der Waals surface area (Å²) in [6.07, 6.45) is 1.76. The van der Waals surface area contributed by atoms with Crippen molar-refractivity contribution in [1.82, 2.24) is 10.3 Å². The molecule has 2 atom stereocenters. The van der Waals surface area contributed by atoms with Gasteiger partial charge in [-0.3, -0.25) is 14.9 Å². The van der Waals surface area contributed by atoms with Crippen LogP contribution in [0.4, 0.5) is 0 Å². The van der Waals surface area contributed by atoms with E-state index in [4.69, 9.17) is 4.42 Å². The van der Waals surface area contributed by atoms with Gasteiger partial charge in [-0.1, -0.05) is 44.2 Å². The van der Waals surface area contributed by atoms with Crippen LogP contribution in [0, 0.1) is 5.92 Å². The van der Waals surface area contributed by atoms with Crippen LogP contribution < -0.4 is 5.32 Å². The first-order valence-electron chi connectivity index (χ1n) is 8.08. The van der Waals surface area contributed by atoms with Crippen molar-refractivity contribution in [2.75, 3.05) is 0 Å². The Bertz CT molecular complexity index is 711. The summed E-state index contributed by atoms with van der Waals surface area (Å²) in [7, 11) is 0. The van der Waals surface area contributed by atoms with Crippen LogP contribution in [0.1, 0.15) is 26.2 Å².